The molecule has 0 bridgehead atoms. The van der Waals surface area contributed by atoms with E-state index in [1.165, 1.54) is 19.4 Å². The summed E-state index contributed by atoms with van der Waals surface area (Å²) in [7, 11) is 1.23. The van der Waals surface area contributed by atoms with Crippen molar-refractivity contribution >= 4 is 11.7 Å². The van der Waals surface area contributed by atoms with Crippen LogP contribution >= 0.6 is 0 Å². The fourth-order valence-corrected chi connectivity index (χ4v) is 2.80. The number of halogens is 1. The maximum Gasteiger partial charge on any atom is 0.336 e. The number of benzene rings is 1. The Morgan fingerprint density at radius 3 is 2.68 bits per heavy atom. The lowest BCUT2D eigenvalue weighted by Crippen LogP contribution is -2.31. The minimum atomic E-state index is -0.862. The predicted molar refractivity (Wildman–Crippen MR) is 88.5 cm³/mol. The van der Waals surface area contributed by atoms with Crippen LogP contribution in [0.2, 0.25) is 0 Å². The van der Waals surface area contributed by atoms with Gasteiger partial charge >= 0.3 is 5.97 Å². The monoisotopic (exact) mass is 341 g/mol. The molecule has 25 heavy (non-hydrogen) atoms. The zero-order valence-corrected chi connectivity index (χ0v) is 13.5. The Kier molecular flexibility index (Phi) is 4.52. The number of carbonyl (C=O) groups excluding carboxylic acids is 1. The Balaban J connectivity index is 2.05. The van der Waals surface area contributed by atoms with Gasteiger partial charge in [0, 0.05) is 12.1 Å². The molecule has 3 rings (SSSR count). The quantitative estimate of drug-likeness (QED) is 0.371. The molecular formula is C19H16FNO4. The highest BCUT2D eigenvalue weighted by Crippen LogP contribution is 2.39. The van der Waals surface area contributed by atoms with Crippen LogP contribution in [0.5, 0.6) is 0 Å². The third kappa shape index (κ3) is 3.10. The number of ether oxygens (including phenoxy) is 2. The largest absolute Gasteiger partial charge is 0.618 e. The van der Waals surface area contributed by atoms with Crippen molar-refractivity contribution in [3.8, 4) is 0 Å². The van der Waals surface area contributed by atoms with Gasteiger partial charge in [-0.2, -0.15) is 4.73 Å². The second-order valence-electron chi connectivity index (χ2n) is 5.55. The molecule has 5 nitrogen and oxygen atoms in total. The maximum absolute atomic E-state index is 14.3. The molecule has 0 fully saturated rings. The molecule has 2 heterocycles. The molecule has 0 amide bonds. The van der Waals surface area contributed by atoms with E-state index in [0.29, 0.717) is 10.3 Å². The number of esters is 1. The molecule has 0 unspecified atom stereocenters. The molecule has 1 aromatic carbocycles. The molecular weight excluding hydrogens is 325 g/mol. The van der Waals surface area contributed by atoms with Gasteiger partial charge < -0.3 is 14.7 Å². The van der Waals surface area contributed by atoms with E-state index in [0.717, 1.165) is 0 Å². The summed E-state index contributed by atoms with van der Waals surface area (Å²) in [6, 6.07) is 11.1. The van der Waals surface area contributed by atoms with Gasteiger partial charge in [0.25, 0.3) is 5.69 Å². The Hall–Kier alpha value is -3.15. The molecule has 2 aromatic rings. The van der Waals surface area contributed by atoms with Crippen LogP contribution < -0.4 is 4.73 Å². The van der Waals surface area contributed by atoms with Crippen molar-refractivity contribution < 1.29 is 23.4 Å². The molecule has 0 spiro atoms. The topological polar surface area (TPSA) is 62.5 Å². The lowest BCUT2D eigenvalue weighted by Gasteiger charge is -2.20. The van der Waals surface area contributed by atoms with Crippen LogP contribution in [-0.2, 0) is 14.3 Å². The summed E-state index contributed by atoms with van der Waals surface area (Å²) in [5, 5.41) is 12.0. The Bertz CT molecular complexity index is 862. The summed E-state index contributed by atoms with van der Waals surface area (Å²) in [6.07, 6.45) is 2.10. The summed E-state index contributed by atoms with van der Waals surface area (Å²) < 4.78 is 25.4. The Morgan fingerprint density at radius 2 is 2.00 bits per heavy atom. The van der Waals surface area contributed by atoms with Crippen molar-refractivity contribution in [3.05, 3.63) is 89.2 Å². The fourth-order valence-electron chi connectivity index (χ4n) is 2.80. The van der Waals surface area contributed by atoms with E-state index >= 15 is 0 Å². The fraction of sp³-hybridized carbons (Fsp3) is 0.158. The Labute approximate surface area is 144 Å². The summed E-state index contributed by atoms with van der Waals surface area (Å²) in [4.78, 5) is 11.9. The molecule has 0 saturated carbocycles. The lowest BCUT2D eigenvalue weighted by molar-refractivity contribution is -0.609. The first-order valence-corrected chi connectivity index (χ1v) is 7.61. The SMILES string of the molecule is C=C(C(=O)OC)[C@H]1OC(c2cccc[n+]2[O-])=C[C@@H]1c1ccccc1F. The first-order chi connectivity index (χ1) is 12.0. The highest BCUT2D eigenvalue weighted by atomic mass is 19.1. The van der Waals surface area contributed by atoms with Crippen molar-refractivity contribution in [2.75, 3.05) is 7.11 Å². The average molecular weight is 341 g/mol. The van der Waals surface area contributed by atoms with E-state index in [-0.39, 0.29) is 17.0 Å². The van der Waals surface area contributed by atoms with Gasteiger partial charge in [-0.05, 0) is 23.8 Å². The third-order valence-corrected chi connectivity index (χ3v) is 4.04. The minimum absolute atomic E-state index is 0.0513. The van der Waals surface area contributed by atoms with E-state index in [1.54, 1.807) is 42.5 Å². The van der Waals surface area contributed by atoms with Gasteiger partial charge in [0.2, 0.25) is 0 Å². The van der Waals surface area contributed by atoms with Crippen LogP contribution in [0.3, 0.4) is 0 Å². The molecule has 0 saturated heterocycles. The maximum atomic E-state index is 14.3. The van der Waals surface area contributed by atoms with Crippen LogP contribution in [0.1, 0.15) is 17.2 Å². The number of nitrogens with zero attached hydrogens (tertiary/aromatic N) is 1. The van der Waals surface area contributed by atoms with E-state index in [4.69, 9.17) is 9.47 Å². The van der Waals surface area contributed by atoms with Gasteiger partial charge in [-0.15, -0.1) is 0 Å². The molecule has 0 aliphatic carbocycles. The first-order valence-electron chi connectivity index (χ1n) is 7.61. The average Bonchev–Trinajstić information content (AvgIpc) is 3.06. The zero-order valence-electron chi connectivity index (χ0n) is 13.5. The van der Waals surface area contributed by atoms with Crippen molar-refractivity contribution in [2.45, 2.75) is 12.0 Å². The van der Waals surface area contributed by atoms with Crippen molar-refractivity contribution in [2.24, 2.45) is 0 Å². The summed E-state index contributed by atoms with van der Waals surface area (Å²) in [6.45, 7) is 3.72. The van der Waals surface area contributed by atoms with Crippen LogP contribution in [-0.4, -0.2) is 19.2 Å². The van der Waals surface area contributed by atoms with Crippen LogP contribution in [0.15, 0.2) is 66.9 Å². The number of carbonyl (C=O) groups is 1. The van der Waals surface area contributed by atoms with Crippen LogP contribution in [0.25, 0.3) is 5.76 Å². The van der Waals surface area contributed by atoms with Crippen molar-refractivity contribution in [3.63, 3.8) is 0 Å². The van der Waals surface area contributed by atoms with Crippen LogP contribution in [0.4, 0.5) is 4.39 Å². The van der Waals surface area contributed by atoms with Gasteiger partial charge in [-0.3, -0.25) is 0 Å². The number of rotatable bonds is 4. The lowest BCUT2D eigenvalue weighted by atomic mass is 9.90. The Morgan fingerprint density at radius 1 is 1.28 bits per heavy atom. The van der Waals surface area contributed by atoms with Gasteiger partial charge in [-0.25, -0.2) is 9.18 Å². The molecule has 1 aromatic heterocycles. The summed E-state index contributed by atoms with van der Waals surface area (Å²) >= 11 is 0. The van der Waals surface area contributed by atoms with Gasteiger partial charge in [-0.1, -0.05) is 24.8 Å². The second-order valence-corrected chi connectivity index (χ2v) is 5.55. The summed E-state index contributed by atoms with van der Waals surface area (Å²) in [5.74, 6) is -1.43. The van der Waals surface area contributed by atoms with E-state index in [9.17, 15) is 14.4 Å². The second kappa shape index (κ2) is 6.76. The number of aromatic nitrogens is 1. The summed E-state index contributed by atoms with van der Waals surface area (Å²) in [5.41, 5.74) is 0.667. The van der Waals surface area contributed by atoms with Gasteiger partial charge in [0.1, 0.15) is 11.9 Å². The molecule has 0 N–H and O–H groups in total. The van der Waals surface area contributed by atoms with E-state index < -0.39 is 23.8 Å². The van der Waals surface area contributed by atoms with Crippen molar-refractivity contribution in [1.29, 1.82) is 0 Å². The molecule has 1 aliphatic rings. The molecule has 128 valence electrons. The normalized spacial score (nSPS) is 19.0. The number of pyridine rings is 1. The van der Waals surface area contributed by atoms with Crippen molar-refractivity contribution in [1.82, 2.24) is 0 Å². The van der Waals surface area contributed by atoms with Gasteiger partial charge in [0.05, 0.1) is 18.6 Å². The standard InChI is InChI=1S/C19H16FNO4/c1-12(19(22)24-2)18-14(13-7-3-4-8-15(13)20)11-17(25-18)16-9-5-6-10-21(16)23/h3-11,14,18H,1H2,2H3/t14-,18-/m1/s1. The zero-order chi connectivity index (χ0) is 18.0. The minimum Gasteiger partial charge on any atom is -0.618 e. The number of methoxy groups -OCH3 is 1. The molecule has 2 atom stereocenters. The number of hydrogen-bond acceptors (Lipinski definition) is 4. The van der Waals surface area contributed by atoms with Crippen LogP contribution in [0, 0.1) is 11.0 Å². The molecule has 0 radical (unpaired) electrons. The van der Waals surface area contributed by atoms with E-state index in [2.05, 4.69) is 6.58 Å². The van der Waals surface area contributed by atoms with E-state index in [1.807, 2.05) is 0 Å². The smallest absolute Gasteiger partial charge is 0.336 e. The predicted octanol–water partition coefficient (Wildman–Crippen LogP) is 2.71. The molecule has 6 heteroatoms. The number of hydrogen-bond donors (Lipinski definition) is 0. The highest BCUT2D eigenvalue weighted by molar-refractivity contribution is 5.89. The molecule has 1 aliphatic heterocycles. The first kappa shape index (κ1) is 16.7. The van der Waals surface area contributed by atoms with Gasteiger partial charge in [0.15, 0.2) is 12.0 Å². The third-order valence-electron chi connectivity index (χ3n) is 4.04. The highest BCUT2D eigenvalue weighted by Gasteiger charge is 2.39.